The van der Waals surface area contributed by atoms with Crippen molar-refractivity contribution in [3.8, 4) is 11.9 Å². The molecule has 0 saturated carbocycles. The number of nitrogens with zero attached hydrogens (tertiary/aromatic N) is 2. The number of methoxy groups -OCH3 is 1. The molecule has 0 bridgehead atoms. The third kappa shape index (κ3) is 4.76. The summed E-state index contributed by atoms with van der Waals surface area (Å²) in [5.74, 6) is 0.414. The van der Waals surface area contributed by atoms with Crippen LogP contribution in [-0.2, 0) is 0 Å². The van der Waals surface area contributed by atoms with Gasteiger partial charge in [-0.25, -0.2) is 4.99 Å². The van der Waals surface area contributed by atoms with Gasteiger partial charge >= 0.3 is 0 Å². The monoisotopic (exact) mass is 340 g/mol. The molecule has 1 amide bonds. The molecule has 2 rings (SSSR count). The predicted molar refractivity (Wildman–Crippen MR) is 96.7 cm³/mol. The van der Waals surface area contributed by atoms with Crippen LogP contribution in [0.3, 0.4) is 0 Å². The van der Waals surface area contributed by atoms with Crippen LogP contribution in [-0.4, -0.2) is 24.4 Å². The first-order chi connectivity index (χ1) is 11.7. The Bertz CT molecular complexity index is 799. The first-order valence-corrected chi connectivity index (χ1v) is 8.22. The number of thioether (sulfide) groups is 1. The van der Waals surface area contributed by atoms with Crippen LogP contribution in [0.4, 0.5) is 11.4 Å². The van der Waals surface area contributed by atoms with Gasteiger partial charge in [0.05, 0.1) is 12.8 Å². The maximum absolute atomic E-state index is 12.4. The summed E-state index contributed by atoms with van der Waals surface area (Å²) in [7, 11) is 1.57. The number of carbonyl (C=O) groups excluding carboxylic acids is 1. The number of nitriles is 1. The van der Waals surface area contributed by atoms with Gasteiger partial charge in [-0.1, -0.05) is 23.9 Å². The number of benzene rings is 2. The zero-order valence-electron chi connectivity index (χ0n) is 13.2. The average Bonchev–Trinajstić information content (AvgIpc) is 2.61. The van der Waals surface area contributed by atoms with Crippen molar-refractivity contribution in [1.82, 2.24) is 5.32 Å². The largest absolute Gasteiger partial charge is 0.497 e. The van der Waals surface area contributed by atoms with Gasteiger partial charge in [0, 0.05) is 17.3 Å². The summed E-state index contributed by atoms with van der Waals surface area (Å²) in [6.07, 6.45) is 3.64. The molecule has 0 unspecified atom stereocenters. The predicted octanol–water partition coefficient (Wildman–Crippen LogP) is 3.37. The first-order valence-electron chi connectivity index (χ1n) is 6.99. The molecule has 0 spiro atoms. The number of amides is 1. The Morgan fingerprint density at radius 1 is 1.25 bits per heavy atom. The molecule has 0 radical (unpaired) electrons. The number of ether oxygens (including phenoxy) is 1. The van der Waals surface area contributed by atoms with Crippen molar-refractivity contribution >= 4 is 34.2 Å². The molecule has 2 aromatic carbocycles. The SMILES string of the molecule is COc1cccc(NC(=O)c2cccc(N=C(NC#N)SC)c2)c1. The van der Waals surface area contributed by atoms with Crippen LogP contribution >= 0.6 is 11.8 Å². The van der Waals surface area contributed by atoms with Crippen LogP contribution < -0.4 is 15.4 Å². The summed E-state index contributed by atoms with van der Waals surface area (Å²) in [5.41, 5.74) is 1.70. The van der Waals surface area contributed by atoms with Crippen LogP contribution in [0.15, 0.2) is 53.5 Å². The fourth-order valence-electron chi connectivity index (χ4n) is 1.91. The van der Waals surface area contributed by atoms with E-state index in [4.69, 9.17) is 10.00 Å². The lowest BCUT2D eigenvalue weighted by Gasteiger charge is -2.07. The number of aliphatic imine (C=N–C) groups is 1. The van der Waals surface area contributed by atoms with E-state index in [1.165, 1.54) is 11.8 Å². The number of amidine groups is 1. The van der Waals surface area contributed by atoms with E-state index in [2.05, 4.69) is 15.6 Å². The maximum atomic E-state index is 12.4. The van der Waals surface area contributed by atoms with E-state index in [-0.39, 0.29) is 5.91 Å². The maximum Gasteiger partial charge on any atom is 0.255 e. The fourth-order valence-corrected chi connectivity index (χ4v) is 2.25. The molecule has 7 heteroatoms. The van der Waals surface area contributed by atoms with E-state index in [9.17, 15) is 4.79 Å². The van der Waals surface area contributed by atoms with Crippen molar-refractivity contribution < 1.29 is 9.53 Å². The second kappa shape index (κ2) is 8.60. The molecule has 6 nitrogen and oxygen atoms in total. The Kier molecular flexibility index (Phi) is 6.23. The van der Waals surface area contributed by atoms with E-state index in [0.717, 1.165) is 0 Å². The Hall–Kier alpha value is -2.98. The third-order valence-corrected chi connectivity index (χ3v) is 3.60. The summed E-state index contributed by atoms with van der Waals surface area (Å²) < 4.78 is 5.14. The van der Waals surface area contributed by atoms with Gasteiger partial charge in [0.15, 0.2) is 11.4 Å². The normalized spacial score (nSPS) is 10.6. The molecule has 0 aliphatic carbocycles. The second-order valence-corrected chi connectivity index (χ2v) is 5.39. The van der Waals surface area contributed by atoms with Crippen molar-refractivity contribution in [1.29, 1.82) is 5.26 Å². The lowest BCUT2D eigenvalue weighted by atomic mass is 10.2. The number of carbonyl (C=O) groups is 1. The molecular weight excluding hydrogens is 324 g/mol. The summed E-state index contributed by atoms with van der Waals surface area (Å²) in [6.45, 7) is 0. The minimum atomic E-state index is -0.251. The Morgan fingerprint density at radius 3 is 2.75 bits per heavy atom. The van der Waals surface area contributed by atoms with Gasteiger partial charge in [0.1, 0.15) is 5.75 Å². The highest BCUT2D eigenvalue weighted by Crippen LogP contribution is 2.20. The molecule has 0 heterocycles. The molecule has 24 heavy (non-hydrogen) atoms. The molecule has 2 aromatic rings. The van der Waals surface area contributed by atoms with Gasteiger partial charge in [-0.05, 0) is 36.6 Å². The molecule has 0 aliphatic heterocycles. The minimum absolute atomic E-state index is 0.251. The van der Waals surface area contributed by atoms with Gasteiger partial charge in [0.25, 0.3) is 5.91 Å². The standard InChI is InChI=1S/C17H16N4O2S/c1-23-15-8-4-7-14(10-15)20-16(22)12-5-3-6-13(9-12)21-17(24-2)19-11-18/h3-10H,1-2H3,(H,19,21)(H,20,22). The highest BCUT2D eigenvalue weighted by atomic mass is 32.2. The highest BCUT2D eigenvalue weighted by molar-refractivity contribution is 8.13. The van der Waals surface area contributed by atoms with Crippen molar-refractivity contribution in [2.45, 2.75) is 0 Å². The highest BCUT2D eigenvalue weighted by Gasteiger charge is 2.08. The minimum Gasteiger partial charge on any atom is -0.497 e. The number of anilines is 1. The topological polar surface area (TPSA) is 86.5 Å². The average molecular weight is 340 g/mol. The van der Waals surface area contributed by atoms with Crippen molar-refractivity contribution in [2.24, 2.45) is 4.99 Å². The lowest BCUT2D eigenvalue weighted by molar-refractivity contribution is 0.102. The van der Waals surface area contributed by atoms with Gasteiger partial charge in [0.2, 0.25) is 0 Å². The van der Waals surface area contributed by atoms with Crippen LogP contribution in [0, 0.1) is 11.5 Å². The lowest BCUT2D eigenvalue weighted by Crippen LogP contribution is -2.13. The van der Waals surface area contributed by atoms with Crippen LogP contribution in [0.5, 0.6) is 5.75 Å². The van der Waals surface area contributed by atoms with E-state index in [1.54, 1.807) is 55.6 Å². The van der Waals surface area contributed by atoms with Crippen LogP contribution in [0.2, 0.25) is 0 Å². The van der Waals surface area contributed by atoms with E-state index in [1.807, 2.05) is 12.4 Å². The van der Waals surface area contributed by atoms with E-state index < -0.39 is 0 Å². The van der Waals surface area contributed by atoms with Crippen molar-refractivity contribution in [2.75, 3.05) is 18.7 Å². The molecule has 2 N–H and O–H groups in total. The van der Waals surface area contributed by atoms with Crippen molar-refractivity contribution in [3.63, 3.8) is 0 Å². The molecule has 0 saturated heterocycles. The van der Waals surface area contributed by atoms with Gasteiger partial charge in [-0.15, -0.1) is 0 Å². The van der Waals surface area contributed by atoms with Crippen molar-refractivity contribution in [3.05, 3.63) is 54.1 Å². The Labute approximate surface area is 144 Å². The molecule has 0 aliphatic rings. The zero-order chi connectivity index (χ0) is 17.4. The number of rotatable bonds is 4. The number of hydrogen-bond acceptors (Lipinski definition) is 5. The zero-order valence-corrected chi connectivity index (χ0v) is 14.1. The fraction of sp³-hybridized carbons (Fsp3) is 0.118. The third-order valence-electron chi connectivity index (χ3n) is 3.02. The van der Waals surface area contributed by atoms with E-state index >= 15 is 0 Å². The summed E-state index contributed by atoms with van der Waals surface area (Å²) in [4.78, 5) is 16.7. The Morgan fingerprint density at radius 2 is 2.04 bits per heavy atom. The Balaban J connectivity index is 2.18. The van der Waals surface area contributed by atoms with Gasteiger partial charge in [-0.3, -0.25) is 10.1 Å². The van der Waals surface area contributed by atoms with Crippen LogP contribution in [0.1, 0.15) is 10.4 Å². The van der Waals surface area contributed by atoms with Gasteiger partial charge < -0.3 is 10.1 Å². The quantitative estimate of drug-likeness (QED) is 0.386. The molecule has 0 fully saturated rings. The number of nitrogens with one attached hydrogen (secondary N) is 2. The molecule has 0 aromatic heterocycles. The molecular formula is C17H16N4O2S. The summed E-state index contributed by atoms with van der Waals surface area (Å²) >= 11 is 1.31. The molecule has 122 valence electrons. The summed E-state index contributed by atoms with van der Waals surface area (Å²) in [6, 6.07) is 14.0. The smallest absolute Gasteiger partial charge is 0.255 e. The molecule has 0 atom stereocenters. The van der Waals surface area contributed by atoms with E-state index in [0.29, 0.717) is 27.9 Å². The number of hydrogen-bond donors (Lipinski definition) is 2. The summed E-state index contributed by atoms with van der Waals surface area (Å²) in [5, 5.41) is 14.4. The first kappa shape index (κ1) is 17.4. The second-order valence-electron chi connectivity index (χ2n) is 4.59. The van der Waals surface area contributed by atoms with Gasteiger partial charge in [-0.2, -0.15) is 5.26 Å². The van der Waals surface area contributed by atoms with Crippen LogP contribution in [0.25, 0.3) is 0 Å².